The SMILES string of the molecule is O=C(NNC1=NCCCN1)c1cc(Cl)nc(OCC(F)(F)F)c1. The molecule has 0 aromatic carbocycles. The summed E-state index contributed by atoms with van der Waals surface area (Å²) in [5.41, 5.74) is 4.91. The molecule has 0 unspecified atom stereocenters. The van der Waals surface area contributed by atoms with Crippen molar-refractivity contribution in [2.45, 2.75) is 12.6 Å². The fraction of sp³-hybridized carbons (Fsp3) is 0.417. The molecule has 1 aromatic heterocycles. The lowest BCUT2D eigenvalue weighted by Crippen LogP contribution is -2.49. The van der Waals surface area contributed by atoms with Gasteiger partial charge in [0.25, 0.3) is 5.91 Å². The van der Waals surface area contributed by atoms with Crippen molar-refractivity contribution >= 4 is 23.5 Å². The molecule has 1 aliphatic heterocycles. The summed E-state index contributed by atoms with van der Waals surface area (Å²) in [6.45, 7) is -0.180. The average Bonchev–Trinajstić information content (AvgIpc) is 2.50. The summed E-state index contributed by atoms with van der Waals surface area (Å²) in [6, 6.07) is 2.26. The summed E-state index contributed by atoms with van der Waals surface area (Å²) in [5.74, 6) is -0.618. The van der Waals surface area contributed by atoms with E-state index in [4.69, 9.17) is 11.6 Å². The van der Waals surface area contributed by atoms with Crippen molar-refractivity contribution in [3.63, 3.8) is 0 Å². The number of alkyl halides is 3. The second kappa shape index (κ2) is 7.36. The fourth-order valence-electron chi connectivity index (χ4n) is 1.64. The largest absolute Gasteiger partial charge is 0.468 e. The molecule has 0 fully saturated rings. The fourth-order valence-corrected chi connectivity index (χ4v) is 1.84. The molecule has 1 aliphatic rings. The summed E-state index contributed by atoms with van der Waals surface area (Å²) in [6.07, 6.45) is -3.63. The maximum Gasteiger partial charge on any atom is 0.422 e. The number of carbonyl (C=O) groups excluding carboxylic acids is 1. The van der Waals surface area contributed by atoms with Gasteiger partial charge in [-0.05, 0) is 12.5 Å². The number of amides is 1. The summed E-state index contributed by atoms with van der Waals surface area (Å²) < 4.78 is 40.9. The van der Waals surface area contributed by atoms with Gasteiger partial charge in [0.05, 0.1) is 0 Å². The van der Waals surface area contributed by atoms with Gasteiger partial charge < -0.3 is 10.1 Å². The van der Waals surface area contributed by atoms with Crippen molar-refractivity contribution in [1.82, 2.24) is 21.2 Å². The van der Waals surface area contributed by atoms with Crippen LogP contribution in [0.15, 0.2) is 17.1 Å². The third kappa shape index (κ3) is 5.81. The van der Waals surface area contributed by atoms with E-state index in [1.54, 1.807) is 0 Å². The number of halogens is 4. The molecule has 3 N–H and O–H groups in total. The van der Waals surface area contributed by atoms with Crippen LogP contribution in [0.25, 0.3) is 0 Å². The predicted octanol–water partition coefficient (Wildman–Crippen LogP) is 1.26. The molecule has 0 saturated heterocycles. The van der Waals surface area contributed by atoms with Gasteiger partial charge >= 0.3 is 6.18 Å². The molecule has 0 aliphatic carbocycles. The molecule has 2 rings (SSSR count). The Labute approximate surface area is 134 Å². The number of aromatic nitrogens is 1. The van der Waals surface area contributed by atoms with Gasteiger partial charge in [0.15, 0.2) is 6.61 Å². The van der Waals surface area contributed by atoms with E-state index in [1.807, 2.05) is 0 Å². The van der Waals surface area contributed by atoms with E-state index in [2.05, 4.69) is 30.9 Å². The number of ether oxygens (including phenoxy) is 1. The Morgan fingerprint density at radius 3 is 2.87 bits per heavy atom. The molecule has 0 saturated carbocycles. The quantitative estimate of drug-likeness (QED) is 0.563. The van der Waals surface area contributed by atoms with Crippen molar-refractivity contribution in [2.75, 3.05) is 19.7 Å². The third-order valence-electron chi connectivity index (χ3n) is 2.61. The van der Waals surface area contributed by atoms with Crippen LogP contribution in [0.3, 0.4) is 0 Å². The molecule has 11 heteroatoms. The highest BCUT2D eigenvalue weighted by Gasteiger charge is 2.29. The lowest BCUT2D eigenvalue weighted by Gasteiger charge is -2.16. The molecular formula is C12H13ClF3N5O2. The maximum atomic E-state index is 12.1. The van der Waals surface area contributed by atoms with Crippen molar-refractivity contribution in [1.29, 1.82) is 0 Å². The Bertz CT molecular complexity index is 609. The van der Waals surface area contributed by atoms with E-state index in [9.17, 15) is 18.0 Å². The molecule has 1 aromatic rings. The number of rotatable bonds is 3. The standard InChI is InChI=1S/C12H13ClF3N5O2/c13-8-4-7(5-9(19-8)23-6-12(14,15)16)10(22)20-21-11-17-2-1-3-18-11/h4-5H,1-3,6H2,(H,20,22)(H2,17,18,21). The first-order chi connectivity index (χ1) is 10.8. The highest BCUT2D eigenvalue weighted by atomic mass is 35.5. The molecule has 7 nitrogen and oxygen atoms in total. The number of hydrazine groups is 1. The van der Waals surface area contributed by atoms with Gasteiger partial charge in [-0.15, -0.1) is 0 Å². The molecule has 126 valence electrons. The molecule has 2 heterocycles. The summed E-state index contributed by atoms with van der Waals surface area (Å²) >= 11 is 5.68. The first-order valence-electron chi connectivity index (χ1n) is 6.55. The van der Waals surface area contributed by atoms with E-state index in [0.717, 1.165) is 19.0 Å². The zero-order chi connectivity index (χ0) is 16.9. The highest BCUT2D eigenvalue weighted by molar-refractivity contribution is 6.29. The van der Waals surface area contributed by atoms with Gasteiger partial charge in [0, 0.05) is 24.7 Å². The lowest BCUT2D eigenvalue weighted by molar-refractivity contribution is -0.154. The number of aliphatic imine (C=N–C) groups is 1. The van der Waals surface area contributed by atoms with Crippen molar-refractivity contribution < 1.29 is 22.7 Å². The molecule has 0 atom stereocenters. The van der Waals surface area contributed by atoms with Crippen LogP contribution in [0.2, 0.25) is 5.15 Å². The number of hydrogen-bond acceptors (Lipinski definition) is 6. The minimum absolute atomic E-state index is 0.00826. The van der Waals surface area contributed by atoms with Crippen LogP contribution >= 0.6 is 11.6 Å². The van der Waals surface area contributed by atoms with E-state index in [-0.39, 0.29) is 10.7 Å². The molecule has 23 heavy (non-hydrogen) atoms. The smallest absolute Gasteiger partial charge is 0.422 e. The molecule has 0 spiro atoms. The van der Waals surface area contributed by atoms with Crippen LogP contribution in [-0.2, 0) is 0 Å². The number of hydrogen-bond donors (Lipinski definition) is 3. The van der Waals surface area contributed by atoms with Crippen LogP contribution in [0.5, 0.6) is 5.88 Å². The first-order valence-corrected chi connectivity index (χ1v) is 6.93. The second-order valence-electron chi connectivity index (χ2n) is 4.51. The van der Waals surface area contributed by atoms with Crippen molar-refractivity contribution in [2.24, 2.45) is 4.99 Å². The van der Waals surface area contributed by atoms with Crippen LogP contribution in [-0.4, -0.2) is 42.7 Å². The minimum atomic E-state index is -4.52. The number of nitrogens with one attached hydrogen (secondary N) is 3. The minimum Gasteiger partial charge on any atom is -0.468 e. The Morgan fingerprint density at radius 1 is 1.43 bits per heavy atom. The zero-order valence-corrected chi connectivity index (χ0v) is 12.5. The monoisotopic (exact) mass is 351 g/mol. The molecule has 1 amide bonds. The number of pyridine rings is 1. The van der Waals surface area contributed by atoms with Crippen LogP contribution in [0, 0.1) is 0 Å². The Morgan fingerprint density at radius 2 is 2.22 bits per heavy atom. The molecular weight excluding hydrogens is 339 g/mol. The van der Waals surface area contributed by atoms with Gasteiger partial charge in [0.1, 0.15) is 5.15 Å². The predicted molar refractivity (Wildman–Crippen MR) is 76.3 cm³/mol. The zero-order valence-electron chi connectivity index (χ0n) is 11.7. The number of guanidine groups is 1. The van der Waals surface area contributed by atoms with Crippen molar-refractivity contribution in [3.05, 3.63) is 22.8 Å². The van der Waals surface area contributed by atoms with Gasteiger partial charge in [-0.2, -0.15) is 13.2 Å². The Balaban J connectivity index is 1.99. The summed E-state index contributed by atoms with van der Waals surface area (Å²) in [5, 5.41) is 2.76. The third-order valence-corrected chi connectivity index (χ3v) is 2.80. The topological polar surface area (TPSA) is 87.6 Å². The van der Waals surface area contributed by atoms with Gasteiger partial charge in [-0.3, -0.25) is 20.6 Å². The Hall–Kier alpha value is -2.23. The Kier molecular flexibility index (Phi) is 5.48. The van der Waals surface area contributed by atoms with Crippen LogP contribution in [0.1, 0.15) is 16.8 Å². The second-order valence-corrected chi connectivity index (χ2v) is 4.90. The van der Waals surface area contributed by atoms with Crippen LogP contribution in [0.4, 0.5) is 13.2 Å². The van der Waals surface area contributed by atoms with Crippen molar-refractivity contribution in [3.8, 4) is 5.88 Å². The van der Waals surface area contributed by atoms with E-state index in [1.165, 1.54) is 6.07 Å². The number of carbonyl (C=O) groups is 1. The summed E-state index contributed by atoms with van der Waals surface area (Å²) in [4.78, 5) is 19.6. The average molecular weight is 352 g/mol. The van der Waals surface area contributed by atoms with Gasteiger partial charge in [0.2, 0.25) is 11.8 Å². The molecule has 0 bridgehead atoms. The van der Waals surface area contributed by atoms with E-state index < -0.39 is 24.6 Å². The first kappa shape index (κ1) is 17.1. The maximum absolute atomic E-state index is 12.1. The van der Waals surface area contributed by atoms with Crippen LogP contribution < -0.4 is 20.9 Å². The molecule has 0 radical (unpaired) electrons. The van der Waals surface area contributed by atoms with E-state index >= 15 is 0 Å². The normalized spacial score (nSPS) is 14.5. The summed E-state index contributed by atoms with van der Waals surface area (Å²) in [7, 11) is 0. The highest BCUT2D eigenvalue weighted by Crippen LogP contribution is 2.20. The lowest BCUT2D eigenvalue weighted by atomic mass is 10.2. The van der Waals surface area contributed by atoms with Gasteiger partial charge in [-0.25, -0.2) is 4.98 Å². The number of nitrogens with zero attached hydrogens (tertiary/aromatic N) is 2. The van der Waals surface area contributed by atoms with Gasteiger partial charge in [-0.1, -0.05) is 11.6 Å². The van der Waals surface area contributed by atoms with E-state index in [0.29, 0.717) is 12.5 Å².